The molecule has 2 unspecified atom stereocenters. The molecule has 1 aromatic carbocycles. The molecule has 1 saturated carbocycles. The largest absolute Gasteiger partial charge is 0.693 e. The Balaban J connectivity index is 1.49. The van der Waals surface area contributed by atoms with E-state index < -0.39 is 49.7 Å². The van der Waals surface area contributed by atoms with Crippen LogP contribution < -0.4 is 15.9 Å². The number of carboxylic acids is 1. The van der Waals surface area contributed by atoms with Gasteiger partial charge in [-0.3, -0.25) is 14.2 Å². The number of aromatic nitrogens is 2. The first-order valence-electron chi connectivity index (χ1n) is 10.3. The summed E-state index contributed by atoms with van der Waals surface area (Å²) in [5, 5.41) is 20.3. The minimum absolute atomic E-state index is 0.0695. The molecule has 1 saturated heterocycles. The van der Waals surface area contributed by atoms with Crippen molar-refractivity contribution in [2.24, 2.45) is 5.41 Å². The second kappa shape index (κ2) is 9.16. The van der Waals surface area contributed by atoms with E-state index in [9.17, 15) is 24.4 Å². The van der Waals surface area contributed by atoms with E-state index in [1.54, 1.807) is 30.3 Å². The van der Waals surface area contributed by atoms with Gasteiger partial charge in [0.05, 0.1) is 10.9 Å². The molecule has 1 spiro atoms. The van der Waals surface area contributed by atoms with Crippen LogP contribution in [0.1, 0.15) is 26.0 Å². The van der Waals surface area contributed by atoms with Crippen molar-refractivity contribution in [3.8, 4) is 5.75 Å². The number of hydroxylamine groups is 1. The van der Waals surface area contributed by atoms with Crippen LogP contribution >= 0.6 is 8.18 Å². The van der Waals surface area contributed by atoms with Crippen LogP contribution in [-0.2, 0) is 18.9 Å². The quantitative estimate of drug-likeness (QED) is 0.350. The lowest BCUT2D eigenvalue weighted by Gasteiger charge is -2.20. The third-order valence-corrected chi connectivity index (χ3v) is 6.97. The first kappa shape index (κ1) is 23.3. The van der Waals surface area contributed by atoms with Crippen LogP contribution in [0.15, 0.2) is 47.4 Å². The van der Waals surface area contributed by atoms with Gasteiger partial charge in [-0.05, 0) is 38.0 Å². The fourth-order valence-electron chi connectivity index (χ4n) is 3.81. The van der Waals surface area contributed by atoms with Crippen LogP contribution in [0.3, 0.4) is 0 Å². The number of anilines is 1. The van der Waals surface area contributed by atoms with E-state index >= 15 is 0 Å². The van der Waals surface area contributed by atoms with Gasteiger partial charge < -0.3 is 20.7 Å². The van der Waals surface area contributed by atoms with Crippen LogP contribution in [0, 0.1) is 5.41 Å². The number of rotatable bonds is 9. The van der Waals surface area contributed by atoms with Gasteiger partial charge in [-0.15, -0.1) is 0 Å². The van der Waals surface area contributed by atoms with Gasteiger partial charge in [0.2, 0.25) is 0 Å². The molecule has 0 amide bonds. The minimum atomic E-state index is -2.73. The first-order chi connectivity index (χ1) is 15.7. The highest BCUT2D eigenvalue weighted by Crippen LogP contribution is 2.62. The van der Waals surface area contributed by atoms with Crippen molar-refractivity contribution in [2.75, 3.05) is 12.3 Å². The van der Waals surface area contributed by atoms with Crippen LogP contribution in [0.2, 0.25) is 0 Å². The molecular weight excluding hydrogens is 455 g/mol. The number of nitrogen functional groups attached to an aromatic ring is 1. The van der Waals surface area contributed by atoms with Gasteiger partial charge in [0.15, 0.2) is 11.8 Å². The summed E-state index contributed by atoms with van der Waals surface area (Å²) in [6.07, 6.45) is -0.0114. The number of hydrogen-bond acceptors (Lipinski definition) is 9. The van der Waals surface area contributed by atoms with Gasteiger partial charge in [-0.25, -0.2) is 9.32 Å². The molecule has 2 aliphatic rings. The third-order valence-electron chi connectivity index (χ3n) is 5.82. The average molecular weight is 479 g/mol. The summed E-state index contributed by atoms with van der Waals surface area (Å²) < 4.78 is 25.3. The number of carbonyl (C=O) groups is 1. The van der Waals surface area contributed by atoms with Gasteiger partial charge >= 0.3 is 19.8 Å². The van der Waals surface area contributed by atoms with Crippen LogP contribution in [0.5, 0.6) is 5.75 Å². The van der Waals surface area contributed by atoms with Gasteiger partial charge in [0.1, 0.15) is 24.8 Å². The Kier molecular flexibility index (Phi) is 6.46. The first-order valence-corrected chi connectivity index (χ1v) is 11.4. The number of para-hydroxylation sites is 1. The Morgan fingerprint density at radius 2 is 2.09 bits per heavy atom. The zero-order valence-corrected chi connectivity index (χ0v) is 18.6. The number of aliphatic hydroxyl groups excluding tert-OH is 1. The Morgan fingerprint density at radius 3 is 2.70 bits per heavy atom. The fraction of sp³-hybridized carbons (Fsp3) is 0.450. The molecule has 0 radical (unpaired) electrons. The lowest BCUT2D eigenvalue weighted by Crippen LogP contribution is -2.39. The maximum absolute atomic E-state index is 12.7. The molecule has 4 rings (SSSR count). The number of aliphatic carboxylic acids is 1. The minimum Gasteiger partial charge on any atom is -0.480 e. The van der Waals surface area contributed by atoms with Crippen LogP contribution in [0.4, 0.5) is 5.82 Å². The number of nitrogens with zero attached hydrogens (tertiary/aromatic N) is 3. The van der Waals surface area contributed by atoms with E-state index in [4.69, 9.17) is 19.8 Å². The zero-order chi connectivity index (χ0) is 23.8. The van der Waals surface area contributed by atoms with E-state index in [0.717, 1.165) is 4.83 Å². The molecule has 0 bridgehead atoms. The summed E-state index contributed by atoms with van der Waals surface area (Å²) in [5.41, 5.74) is 4.25. The van der Waals surface area contributed by atoms with Crippen LogP contribution in [-0.4, -0.2) is 55.4 Å². The molecule has 12 nitrogen and oxygen atoms in total. The lowest BCUT2D eigenvalue weighted by atomic mass is 9.96. The topological polar surface area (TPSA) is 166 Å². The van der Waals surface area contributed by atoms with Crippen molar-refractivity contribution in [3.05, 3.63) is 53.1 Å². The molecule has 176 valence electrons. The van der Waals surface area contributed by atoms with Crippen molar-refractivity contribution >= 4 is 20.0 Å². The molecule has 13 heteroatoms. The van der Waals surface area contributed by atoms with E-state index in [-0.39, 0.29) is 18.2 Å². The summed E-state index contributed by atoms with van der Waals surface area (Å²) >= 11 is 0. The summed E-state index contributed by atoms with van der Waals surface area (Å²) in [6, 6.07) is 8.39. The highest BCUT2D eigenvalue weighted by Gasteiger charge is 2.64. The molecule has 5 atom stereocenters. The van der Waals surface area contributed by atoms with Crippen molar-refractivity contribution in [1.29, 1.82) is 0 Å². The summed E-state index contributed by atoms with van der Waals surface area (Å²) in [5.74, 6) is -0.937. The van der Waals surface area contributed by atoms with Crippen molar-refractivity contribution in [2.45, 2.75) is 44.2 Å². The number of carboxylic acid groups (broad SMARTS) is 1. The number of aliphatic hydroxyl groups is 1. The standard InChI is InChI=1S/C20H23N4O8P/c1-12(17(26)27)24(33(29)32-13-5-3-2-4-6-13)30-11-14-16(25)20(8-9-20)18(31-14)23-10-7-15(21)22-19(23)28/h2-7,10,12,14,16,18,25H,8-9,11H2,1H3,(H2-,21,22,26,27,28)/p+1/t12?,14-,16-,18-/m1/s1. The van der Waals surface area contributed by atoms with Crippen LogP contribution in [0.25, 0.3) is 0 Å². The molecule has 1 aromatic heterocycles. The van der Waals surface area contributed by atoms with Gasteiger partial charge in [-0.2, -0.15) is 4.98 Å². The highest BCUT2D eigenvalue weighted by atomic mass is 31.1. The summed E-state index contributed by atoms with van der Waals surface area (Å²) in [4.78, 5) is 33.8. The number of hydrogen-bond donors (Lipinski definition) is 3. The fourth-order valence-corrected chi connectivity index (χ4v) is 4.74. The predicted molar refractivity (Wildman–Crippen MR) is 114 cm³/mol. The molecule has 2 aromatic rings. The number of benzene rings is 1. The maximum atomic E-state index is 12.7. The Hall–Kier alpha value is -2.89. The molecule has 4 N–H and O–H groups in total. The second-order valence-corrected chi connectivity index (χ2v) is 9.05. The van der Waals surface area contributed by atoms with Crippen molar-refractivity contribution < 1.29 is 33.7 Å². The van der Waals surface area contributed by atoms with Crippen molar-refractivity contribution in [1.82, 2.24) is 14.4 Å². The van der Waals surface area contributed by atoms with E-state index in [1.165, 1.54) is 23.8 Å². The third kappa shape index (κ3) is 4.61. The number of ether oxygens (including phenoxy) is 1. The summed E-state index contributed by atoms with van der Waals surface area (Å²) in [6.45, 7) is 0.980. The monoisotopic (exact) mass is 479 g/mol. The maximum Gasteiger partial charge on any atom is 0.693 e. The molecular formula is C20H24N4O8P+. The predicted octanol–water partition coefficient (Wildman–Crippen LogP) is 1.31. The average Bonchev–Trinajstić information content (AvgIpc) is 3.53. The van der Waals surface area contributed by atoms with Gasteiger partial charge in [-0.1, -0.05) is 18.2 Å². The molecule has 2 fully saturated rings. The van der Waals surface area contributed by atoms with Gasteiger partial charge in [0.25, 0.3) is 0 Å². The SMILES string of the molecule is CC(C(=O)O)N(OC[C@H]1O[C@@H](n2ccc(N)nc2=O)C2(CC2)[C@@H]1O)[P+](=O)Oc1ccccc1. The smallest absolute Gasteiger partial charge is 0.480 e. The molecule has 33 heavy (non-hydrogen) atoms. The molecule has 1 aliphatic carbocycles. The normalized spacial score (nSPS) is 24.6. The Bertz CT molecular complexity index is 1090. The molecule has 1 aliphatic heterocycles. The Morgan fingerprint density at radius 1 is 1.39 bits per heavy atom. The lowest BCUT2D eigenvalue weighted by molar-refractivity contribution is -0.177. The van der Waals surface area contributed by atoms with Gasteiger partial charge in [0, 0.05) is 16.2 Å². The Labute approximate surface area is 189 Å². The van der Waals surface area contributed by atoms with Crippen molar-refractivity contribution in [3.63, 3.8) is 0 Å². The highest BCUT2D eigenvalue weighted by molar-refractivity contribution is 7.36. The van der Waals surface area contributed by atoms with E-state index in [1.807, 2.05) is 0 Å². The zero-order valence-electron chi connectivity index (χ0n) is 17.7. The summed E-state index contributed by atoms with van der Waals surface area (Å²) in [7, 11) is -2.73. The second-order valence-electron chi connectivity index (χ2n) is 8.00. The van der Waals surface area contributed by atoms with E-state index in [2.05, 4.69) is 4.98 Å². The van der Waals surface area contributed by atoms with E-state index in [0.29, 0.717) is 12.8 Å². The number of nitrogens with two attached hydrogens (primary N) is 1. The molecule has 2 heterocycles.